The Hall–Kier alpha value is -0.300. The molecule has 0 radical (unpaired) electrons. The molecule has 0 aromatic rings. The first-order valence-electron chi connectivity index (χ1n) is 3.89. The largest absolute Gasteiger partial charge is 0.396 e. The van der Waals surface area contributed by atoms with Crippen molar-refractivity contribution in [3.8, 4) is 0 Å². The number of hydrogen-bond acceptors (Lipinski definition) is 1. The highest BCUT2D eigenvalue weighted by atomic mass is 16.2. The van der Waals surface area contributed by atoms with Crippen LogP contribution < -0.4 is 0 Å². The molecule has 1 N–H and O–H groups in total. The van der Waals surface area contributed by atoms with Gasteiger partial charge in [0.15, 0.2) is 0 Å². The lowest BCUT2D eigenvalue weighted by atomic mass is 10.3. The predicted molar refractivity (Wildman–Crippen MR) is 47.1 cm³/mol. The third kappa shape index (κ3) is 25.2. The highest BCUT2D eigenvalue weighted by molar-refractivity contribution is 4.88. The molecule has 0 aliphatic rings. The van der Waals surface area contributed by atoms with Gasteiger partial charge in [0.2, 0.25) is 0 Å². The molecule has 0 unspecified atom stereocenters. The van der Waals surface area contributed by atoms with Crippen molar-refractivity contribution < 1.29 is 5.11 Å². The minimum absolute atomic E-state index is 0.344. The van der Waals surface area contributed by atoms with E-state index in [0.717, 1.165) is 12.8 Å². The van der Waals surface area contributed by atoms with E-state index in [0.29, 0.717) is 6.61 Å². The highest BCUT2D eigenvalue weighted by Gasteiger charge is 1.69. The maximum atomic E-state index is 8.07. The van der Waals surface area contributed by atoms with Crippen LogP contribution in [0.4, 0.5) is 0 Å². The van der Waals surface area contributed by atoms with Crippen LogP contribution in [0.2, 0.25) is 0 Å². The van der Waals surface area contributed by atoms with Crippen molar-refractivity contribution in [3.63, 3.8) is 0 Å². The molecular formula is C9H20O. The van der Waals surface area contributed by atoms with Crippen LogP contribution in [-0.2, 0) is 0 Å². The summed E-state index contributed by atoms with van der Waals surface area (Å²) in [5.41, 5.74) is 1.38. The molecule has 0 aromatic carbocycles. The van der Waals surface area contributed by atoms with Crippen molar-refractivity contribution >= 4 is 0 Å². The number of allylic oxidation sites excluding steroid dienone is 2. The Balaban J connectivity index is 0. The van der Waals surface area contributed by atoms with E-state index in [1.165, 1.54) is 5.57 Å². The molecule has 0 saturated carbocycles. The van der Waals surface area contributed by atoms with Gasteiger partial charge in [-0.3, -0.25) is 0 Å². The lowest BCUT2D eigenvalue weighted by molar-refractivity contribution is 0.287. The predicted octanol–water partition coefficient (Wildman–Crippen LogP) is 2.75. The molecular weight excluding hydrogens is 124 g/mol. The van der Waals surface area contributed by atoms with Gasteiger partial charge in [-0.25, -0.2) is 0 Å². The monoisotopic (exact) mass is 144 g/mol. The zero-order valence-electron chi connectivity index (χ0n) is 7.65. The molecule has 0 spiro atoms. The summed E-state index contributed by atoms with van der Waals surface area (Å²) < 4.78 is 0. The quantitative estimate of drug-likeness (QED) is 0.591. The number of rotatable bonds is 2. The number of aliphatic hydroxyl groups is 1. The number of hydrogen-bond donors (Lipinski definition) is 1. The van der Waals surface area contributed by atoms with Crippen molar-refractivity contribution in [1.82, 2.24) is 0 Å². The summed E-state index contributed by atoms with van der Waals surface area (Å²) in [7, 11) is 0. The second-order valence-electron chi connectivity index (χ2n) is 2.44. The maximum absolute atomic E-state index is 8.07. The Morgan fingerprint density at radius 3 is 1.80 bits per heavy atom. The van der Waals surface area contributed by atoms with Gasteiger partial charge in [0.1, 0.15) is 0 Å². The molecule has 0 amide bonds. The smallest absolute Gasteiger partial charge is 0.0430 e. The Kier molecular flexibility index (Phi) is 14.2. The van der Waals surface area contributed by atoms with E-state index in [1.54, 1.807) is 0 Å². The van der Waals surface area contributed by atoms with Crippen molar-refractivity contribution in [1.29, 1.82) is 0 Å². The van der Waals surface area contributed by atoms with Gasteiger partial charge < -0.3 is 5.11 Å². The minimum atomic E-state index is 0.344. The number of aliphatic hydroxyl groups excluding tert-OH is 1. The molecule has 1 nitrogen and oxygen atoms in total. The van der Waals surface area contributed by atoms with Crippen LogP contribution in [0.25, 0.3) is 0 Å². The Bertz CT molecular complexity index is 68.8. The van der Waals surface area contributed by atoms with E-state index in [1.807, 2.05) is 6.92 Å². The van der Waals surface area contributed by atoms with Crippen LogP contribution in [0.1, 0.15) is 40.5 Å². The molecule has 62 valence electrons. The van der Waals surface area contributed by atoms with Crippen LogP contribution in [0, 0.1) is 0 Å². The first-order chi connectivity index (χ1) is 4.68. The van der Waals surface area contributed by atoms with Gasteiger partial charge in [0, 0.05) is 6.61 Å². The van der Waals surface area contributed by atoms with Crippen LogP contribution in [-0.4, -0.2) is 11.7 Å². The van der Waals surface area contributed by atoms with Gasteiger partial charge in [0.05, 0.1) is 0 Å². The van der Waals surface area contributed by atoms with Crippen molar-refractivity contribution in [2.45, 2.75) is 40.5 Å². The summed E-state index contributed by atoms with van der Waals surface area (Å²) >= 11 is 0. The third-order valence-corrected chi connectivity index (χ3v) is 1.09. The van der Waals surface area contributed by atoms with Crippen molar-refractivity contribution in [2.75, 3.05) is 6.61 Å². The van der Waals surface area contributed by atoms with E-state index in [2.05, 4.69) is 26.8 Å². The van der Waals surface area contributed by atoms with Crippen molar-refractivity contribution in [3.05, 3.63) is 11.6 Å². The van der Waals surface area contributed by atoms with Crippen molar-refractivity contribution in [2.24, 2.45) is 0 Å². The van der Waals surface area contributed by atoms with Crippen LogP contribution in [0.5, 0.6) is 0 Å². The first kappa shape index (κ1) is 12.4. The van der Waals surface area contributed by atoms with E-state index >= 15 is 0 Å². The fourth-order valence-corrected chi connectivity index (χ4v) is 0.158. The molecule has 0 bridgehead atoms. The standard InChI is InChI=1S/C5H10.C4H10O/c1-4-5(2)3;1-2-3-4-5/h4H,1-3H3;5H,2-4H2,1H3. The molecule has 10 heavy (non-hydrogen) atoms. The average molecular weight is 144 g/mol. The minimum Gasteiger partial charge on any atom is -0.396 e. The lowest BCUT2D eigenvalue weighted by Crippen LogP contribution is -1.75. The maximum Gasteiger partial charge on any atom is 0.0430 e. The summed E-state index contributed by atoms with van der Waals surface area (Å²) in [6.45, 7) is 8.60. The van der Waals surface area contributed by atoms with Gasteiger partial charge >= 0.3 is 0 Å². The van der Waals surface area contributed by atoms with Gasteiger partial charge in [-0.2, -0.15) is 0 Å². The van der Waals surface area contributed by atoms with Crippen LogP contribution in [0.3, 0.4) is 0 Å². The van der Waals surface area contributed by atoms with Crippen LogP contribution >= 0.6 is 0 Å². The topological polar surface area (TPSA) is 20.2 Å². The lowest BCUT2D eigenvalue weighted by Gasteiger charge is -1.79. The summed E-state index contributed by atoms with van der Waals surface area (Å²) in [6, 6.07) is 0. The second-order valence-corrected chi connectivity index (χ2v) is 2.44. The third-order valence-electron chi connectivity index (χ3n) is 1.09. The second kappa shape index (κ2) is 11.5. The van der Waals surface area contributed by atoms with Gasteiger partial charge in [0.25, 0.3) is 0 Å². The van der Waals surface area contributed by atoms with Crippen LogP contribution in [0.15, 0.2) is 11.6 Å². The summed E-state index contributed by atoms with van der Waals surface area (Å²) in [5, 5.41) is 8.07. The molecule has 0 saturated heterocycles. The van der Waals surface area contributed by atoms with Gasteiger partial charge in [-0.1, -0.05) is 25.0 Å². The van der Waals surface area contributed by atoms with E-state index in [9.17, 15) is 0 Å². The van der Waals surface area contributed by atoms with Gasteiger partial charge in [-0.05, 0) is 27.2 Å². The average Bonchev–Trinajstić information content (AvgIpc) is 1.91. The van der Waals surface area contributed by atoms with E-state index in [4.69, 9.17) is 5.11 Å². The van der Waals surface area contributed by atoms with E-state index < -0.39 is 0 Å². The molecule has 0 atom stereocenters. The summed E-state index contributed by atoms with van der Waals surface area (Å²) in [5.74, 6) is 0. The molecule has 0 aliphatic carbocycles. The first-order valence-corrected chi connectivity index (χ1v) is 3.89. The molecule has 0 fully saturated rings. The Labute approximate surface area is 64.8 Å². The summed E-state index contributed by atoms with van der Waals surface area (Å²) in [4.78, 5) is 0. The molecule has 0 aromatic heterocycles. The zero-order valence-corrected chi connectivity index (χ0v) is 7.65. The fraction of sp³-hybridized carbons (Fsp3) is 0.778. The molecule has 0 heterocycles. The van der Waals surface area contributed by atoms with E-state index in [-0.39, 0.29) is 0 Å². The Morgan fingerprint density at radius 2 is 1.80 bits per heavy atom. The normalized spacial score (nSPS) is 7.70. The highest BCUT2D eigenvalue weighted by Crippen LogP contribution is 1.82. The fourth-order valence-electron chi connectivity index (χ4n) is 0.158. The SMILES string of the molecule is CC=C(C)C.CCCCO. The zero-order chi connectivity index (χ0) is 8.41. The van der Waals surface area contributed by atoms with Gasteiger partial charge in [-0.15, -0.1) is 0 Å². The molecule has 1 heteroatoms. The Morgan fingerprint density at radius 1 is 1.40 bits per heavy atom. The number of unbranched alkanes of at least 4 members (excludes halogenated alkanes) is 1. The molecule has 0 aliphatic heterocycles. The molecule has 0 rings (SSSR count). The summed E-state index contributed by atoms with van der Waals surface area (Å²) in [6.07, 6.45) is 4.12.